The van der Waals surface area contributed by atoms with Crippen LogP contribution in [0.1, 0.15) is 49.5 Å². The third-order valence-electron chi connectivity index (χ3n) is 4.55. The zero-order chi connectivity index (χ0) is 20.5. The highest BCUT2D eigenvalue weighted by molar-refractivity contribution is 7.74. The number of esters is 1. The Morgan fingerprint density at radius 2 is 1.79 bits per heavy atom. The fourth-order valence-corrected chi connectivity index (χ4v) is 3.81. The van der Waals surface area contributed by atoms with Gasteiger partial charge in [0.2, 0.25) is 0 Å². The normalized spacial score (nSPS) is 20.8. The van der Waals surface area contributed by atoms with Crippen LogP contribution < -0.4 is 5.32 Å². The number of rotatable bonds is 5. The van der Waals surface area contributed by atoms with Crippen LogP contribution in [0.15, 0.2) is 48.5 Å². The molecule has 0 radical (unpaired) electrons. The zero-order valence-corrected chi connectivity index (χ0v) is 17.1. The van der Waals surface area contributed by atoms with E-state index in [2.05, 4.69) is 5.32 Å². The maximum absolute atomic E-state index is 13.0. The van der Waals surface area contributed by atoms with Gasteiger partial charge < -0.3 is 14.6 Å². The Hall–Kier alpha value is -2.22. The van der Waals surface area contributed by atoms with Gasteiger partial charge in [-0.1, -0.05) is 48.0 Å². The van der Waals surface area contributed by atoms with Gasteiger partial charge in [0.1, 0.15) is 17.6 Å². The summed E-state index contributed by atoms with van der Waals surface area (Å²) in [5.41, 5.74) is 2.56. The fourth-order valence-electron chi connectivity index (χ4n) is 3.41. The van der Waals surface area contributed by atoms with Crippen LogP contribution in [-0.4, -0.2) is 26.4 Å². The predicted octanol–water partition coefficient (Wildman–Crippen LogP) is 3.77. The number of carbonyl (C=O) groups excluding carboxylic acids is 1. The molecule has 1 aliphatic heterocycles. The Labute approximate surface area is 167 Å². The predicted molar refractivity (Wildman–Crippen MR) is 106 cm³/mol. The first-order valence-electron chi connectivity index (χ1n) is 9.07. The topological polar surface area (TPSA) is 87.7 Å². The van der Waals surface area contributed by atoms with Crippen LogP contribution in [0.3, 0.4) is 0 Å². The molecule has 4 atom stereocenters. The van der Waals surface area contributed by atoms with Crippen LogP contribution in [-0.2, 0) is 25.1 Å². The summed E-state index contributed by atoms with van der Waals surface area (Å²) in [4.78, 5) is 13.0. The standard InChI is InChI=1S/C21H25NO5S/c1-13-9-11-14(12-10-13)19(27-28(24)25)18-17(20(23)26-21(2,3)4)15-7-5-6-8-16(15)22-18/h5-12,17-19,22H,1-4H3,(H,24,25)/p-1. The molecule has 4 unspecified atom stereocenters. The van der Waals surface area contributed by atoms with Crippen LogP contribution >= 0.6 is 0 Å². The summed E-state index contributed by atoms with van der Waals surface area (Å²) >= 11 is -2.75. The molecule has 0 aliphatic carbocycles. The minimum Gasteiger partial charge on any atom is -0.750 e. The van der Waals surface area contributed by atoms with Gasteiger partial charge in [-0.2, -0.15) is 0 Å². The monoisotopic (exact) mass is 402 g/mol. The van der Waals surface area contributed by atoms with Crippen LogP contribution in [0.25, 0.3) is 0 Å². The van der Waals surface area contributed by atoms with Crippen molar-refractivity contribution in [1.29, 1.82) is 0 Å². The third kappa shape index (κ3) is 4.60. The molecule has 0 saturated heterocycles. The highest BCUT2D eigenvalue weighted by Crippen LogP contribution is 2.43. The average Bonchev–Trinajstić information content (AvgIpc) is 2.98. The van der Waals surface area contributed by atoms with E-state index < -0.39 is 41.0 Å². The molecule has 1 aliphatic rings. The molecule has 3 rings (SSSR count). The van der Waals surface area contributed by atoms with Gasteiger partial charge in [-0.05, 0) is 44.9 Å². The Morgan fingerprint density at radius 3 is 2.39 bits per heavy atom. The van der Waals surface area contributed by atoms with Crippen molar-refractivity contribution in [1.82, 2.24) is 0 Å². The number of aryl methyl sites for hydroxylation is 1. The molecular weight excluding hydrogens is 378 g/mol. The van der Waals surface area contributed by atoms with Crippen molar-refractivity contribution in [3.8, 4) is 0 Å². The van der Waals surface area contributed by atoms with E-state index in [9.17, 15) is 13.6 Å². The molecule has 7 heteroatoms. The molecule has 1 N–H and O–H groups in total. The molecule has 1 heterocycles. The second kappa shape index (κ2) is 8.03. The summed E-state index contributed by atoms with van der Waals surface area (Å²) in [6, 6.07) is 14.1. The van der Waals surface area contributed by atoms with Crippen LogP contribution in [0.5, 0.6) is 0 Å². The number of anilines is 1. The van der Waals surface area contributed by atoms with Gasteiger partial charge in [0.05, 0.1) is 17.4 Å². The van der Waals surface area contributed by atoms with Crippen molar-refractivity contribution in [2.24, 2.45) is 0 Å². The molecule has 150 valence electrons. The molecule has 6 nitrogen and oxygen atoms in total. The van der Waals surface area contributed by atoms with Crippen molar-refractivity contribution < 1.29 is 22.5 Å². The van der Waals surface area contributed by atoms with E-state index in [0.29, 0.717) is 5.56 Å². The molecule has 0 aromatic heterocycles. The summed E-state index contributed by atoms with van der Waals surface area (Å²) in [5, 5.41) is 3.27. The lowest BCUT2D eigenvalue weighted by atomic mass is 9.88. The second-order valence-corrected chi connectivity index (χ2v) is 8.50. The first kappa shape index (κ1) is 20.5. The maximum atomic E-state index is 13.0. The number of nitrogens with one attached hydrogen (secondary N) is 1. The quantitative estimate of drug-likeness (QED) is 0.605. The van der Waals surface area contributed by atoms with Crippen molar-refractivity contribution in [2.75, 3.05) is 5.32 Å². The number of fused-ring (bicyclic) bond motifs is 1. The molecule has 2 aromatic carbocycles. The fraction of sp³-hybridized carbons (Fsp3) is 0.381. The number of ether oxygens (including phenoxy) is 1. The van der Waals surface area contributed by atoms with E-state index in [0.717, 1.165) is 16.8 Å². The Balaban J connectivity index is 2.03. The number of benzene rings is 2. The number of para-hydroxylation sites is 1. The maximum Gasteiger partial charge on any atom is 0.316 e. The first-order chi connectivity index (χ1) is 13.2. The molecular formula is C21H24NO5S-. The molecule has 28 heavy (non-hydrogen) atoms. The molecule has 2 aromatic rings. The van der Waals surface area contributed by atoms with Crippen molar-refractivity contribution in [3.05, 3.63) is 65.2 Å². The summed E-state index contributed by atoms with van der Waals surface area (Å²) in [5.74, 6) is -1.13. The highest BCUT2D eigenvalue weighted by atomic mass is 32.2. The Bertz CT molecular complexity index is 875. The Kier molecular flexibility index (Phi) is 5.88. The van der Waals surface area contributed by atoms with Gasteiger partial charge in [0, 0.05) is 5.69 Å². The summed E-state index contributed by atoms with van der Waals surface area (Å²) < 4.78 is 33.7. The summed E-state index contributed by atoms with van der Waals surface area (Å²) in [6.07, 6.45) is -0.885. The minimum atomic E-state index is -2.75. The van der Waals surface area contributed by atoms with Gasteiger partial charge in [0.15, 0.2) is 0 Å². The number of hydrogen-bond acceptors (Lipinski definition) is 6. The Morgan fingerprint density at radius 1 is 1.14 bits per heavy atom. The highest BCUT2D eigenvalue weighted by Gasteiger charge is 2.45. The number of carbonyl (C=O) groups is 1. The molecule has 0 spiro atoms. The first-order valence-corrected chi connectivity index (χ1v) is 10.1. The lowest BCUT2D eigenvalue weighted by Gasteiger charge is -2.30. The van der Waals surface area contributed by atoms with Gasteiger partial charge in [-0.3, -0.25) is 8.98 Å². The molecule has 0 bridgehead atoms. The lowest BCUT2D eigenvalue weighted by molar-refractivity contribution is -0.157. The lowest BCUT2D eigenvalue weighted by Crippen LogP contribution is -2.38. The van der Waals surface area contributed by atoms with Gasteiger partial charge in [0.25, 0.3) is 0 Å². The minimum absolute atomic E-state index is 0.424. The largest absolute Gasteiger partial charge is 0.750 e. The summed E-state index contributed by atoms with van der Waals surface area (Å²) in [6.45, 7) is 7.34. The zero-order valence-electron chi connectivity index (χ0n) is 16.3. The van der Waals surface area contributed by atoms with Gasteiger partial charge in [-0.15, -0.1) is 0 Å². The molecule has 0 amide bonds. The van der Waals surface area contributed by atoms with E-state index in [1.807, 2.05) is 55.5 Å². The van der Waals surface area contributed by atoms with Crippen molar-refractivity contribution >= 4 is 23.0 Å². The molecule has 0 fully saturated rings. The summed E-state index contributed by atoms with van der Waals surface area (Å²) in [7, 11) is 0. The smallest absolute Gasteiger partial charge is 0.316 e. The van der Waals surface area contributed by atoms with E-state index in [4.69, 9.17) is 8.92 Å². The van der Waals surface area contributed by atoms with Gasteiger partial charge in [-0.25, -0.2) is 4.21 Å². The van der Waals surface area contributed by atoms with Crippen molar-refractivity contribution in [3.63, 3.8) is 0 Å². The van der Waals surface area contributed by atoms with Crippen LogP contribution in [0.4, 0.5) is 5.69 Å². The van der Waals surface area contributed by atoms with Crippen LogP contribution in [0.2, 0.25) is 0 Å². The van der Waals surface area contributed by atoms with Crippen molar-refractivity contribution in [2.45, 2.75) is 51.4 Å². The van der Waals surface area contributed by atoms with Gasteiger partial charge >= 0.3 is 5.97 Å². The van der Waals surface area contributed by atoms with E-state index in [1.165, 1.54) is 0 Å². The average molecular weight is 402 g/mol. The van der Waals surface area contributed by atoms with Crippen LogP contribution in [0, 0.1) is 6.92 Å². The molecule has 0 saturated carbocycles. The van der Waals surface area contributed by atoms with E-state index in [1.54, 1.807) is 20.8 Å². The second-order valence-electron chi connectivity index (χ2n) is 7.90. The third-order valence-corrected chi connectivity index (χ3v) is 4.92. The van der Waals surface area contributed by atoms with E-state index in [-0.39, 0.29) is 0 Å². The number of hydrogen-bond donors (Lipinski definition) is 1. The van der Waals surface area contributed by atoms with E-state index >= 15 is 0 Å². The SMILES string of the molecule is Cc1ccc(C(OS(=O)[O-])C2Nc3ccccc3C2C(=O)OC(C)(C)C)cc1.